The maximum absolute atomic E-state index is 7.10. The van der Waals surface area contributed by atoms with Crippen molar-refractivity contribution in [1.82, 2.24) is 19.9 Å². The van der Waals surface area contributed by atoms with Crippen LogP contribution in [0.1, 0.15) is 22.3 Å². The minimum Gasteiger partial charge on any atom is -0.453 e. The summed E-state index contributed by atoms with van der Waals surface area (Å²) in [5.41, 5.74) is 13.1. The lowest BCUT2D eigenvalue weighted by Gasteiger charge is -2.41. The molecule has 66 heavy (non-hydrogen) atoms. The standard InChI is InChI=1S/C59H35N5O2/c1-2-17-37(18-3-1)53-41-23-8-10-26-46(41)62-58(63-53)40-22-7-6-21-39(40)47-33-31-44-55(61-47)54-43(25-15-35-60-54)59(44)42-24-9-12-29-51(42)65-56-45(59)32-34-50-57(56)66-52-30-13-11-27-49(52)64(50)48-28-14-19-36-16-4-5-20-38(36)48/h1-35H. The smallest absolute Gasteiger partial charge is 0.194 e. The number of rotatable bonds is 4. The number of aromatic nitrogens is 4. The Morgan fingerprint density at radius 1 is 0.394 bits per heavy atom. The van der Waals surface area contributed by atoms with Gasteiger partial charge in [-0.1, -0.05) is 158 Å². The van der Waals surface area contributed by atoms with Gasteiger partial charge in [0.15, 0.2) is 23.1 Å². The quantitative estimate of drug-likeness (QED) is 0.175. The van der Waals surface area contributed by atoms with Gasteiger partial charge in [-0.25, -0.2) is 15.0 Å². The highest BCUT2D eigenvalue weighted by Gasteiger charge is 2.54. The van der Waals surface area contributed by atoms with E-state index in [1.54, 1.807) is 0 Å². The second-order valence-corrected chi connectivity index (χ2v) is 16.9. The van der Waals surface area contributed by atoms with Crippen molar-refractivity contribution in [3.8, 4) is 68.3 Å². The van der Waals surface area contributed by atoms with Crippen molar-refractivity contribution in [2.45, 2.75) is 5.41 Å². The highest BCUT2D eigenvalue weighted by Crippen LogP contribution is 2.66. The van der Waals surface area contributed by atoms with Crippen molar-refractivity contribution in [2.24, 2.45) is 0 Å². The lowest BCUT2D eigenvalue weighted by atomic mass is 9.66. The number of ether oxygens (including phenoxy) is 2. The zero-order valence-corrected chi connectivity index (χ0v) is 35.3. The number of fused-ring (bicyclic) bond motifs is 14. The summed E-state index contributed by atoms with van der Waals surface area (Å²) in [7, 11) is 0. The average Bonchev–Trinajstić information content (AvgIpc) is 3.67. The van der Waals surface area contributed by atoms with E-state index in [0.29, 0.717) is 17.3 Å². The summed E-state index contributed by atoms with van der Waals surface area (Å²) in [6.07, 6.45) is 1.86. The molecule has 1 atom stereocenters. The summed E-state index contributed by atoms with van der Waals surface area (Å²) >= 11 is 0. The van der Waals surface area contributed by atoms with Gasteiger partial charge in [-0.3, -0.25) is 4.98 Å². The van der Waals surface area contributed by atoms with Crippen molar-refractivity contribution in [2.75, 3.05) is 4.90 Å². The van der Waals surface area contributed by atoms with E-state index in [4.69, 9.17) is 29.4 Å². The normalized spacial score (nSPS) is 14.9. The Balaban J connectivity index is 0.981. The monoisotopic (exact) mass is 845 g/mol. The van der Waals surface area contributed by atoms with Gasteiger partial charge >= 0.3 is 0 Å². The van der Waals surface area contributed by atoms with Crippen LogP contribution in [-0.2, 0) is 5.41 Å². The molecule has 2 aliphatic heterocycles. The number of para-hydroxylation sites is 4. The highest BCUT2D eigenvalue weighted by molar-refractivity contribution is 6.02. The summed E-state index contributed by atoms with van der Waals surface area (Å²) in [6, 6.07) is 71.3. The Morgan fingerprint density at radius 2 is 1.08 bits per heavy atom. The third-order valence-corrected chi connectivity index (χ3v) is 13.4. The Bertz CT molecular complexity index is 3810. The van der Waals surface area contributed by atoms with Gasteiger partial charge in [0, 0.05) is 44.8 Å². The van der Waals surface area contributed by atoms with Crippen LogP contribution in [-0.4, -0.2) is 19.9 Å². The molecule has 0 bridgehead atoms. The first kappa shape index (κ1) is 36.5. The molecule has 8 aromatic carbocycles. The van der Waals surface area contributed by atoms with Crippen molar-refractivity contribution in [1.29, 1.82) is 0 Å². The second kappa shape index (κ2) is 14.0. The second-order valence-electron chi connectivity index (χ2n) is 16.9. The predicted molar refractivity (Wildman–Crippen MR) is 261 cm³/mol. The molecular formula is C59H35N5O2. The molecule has 3 aromatic heterocycles. The molecule has 7 nitrogen and oxygen atoms in total. The van der Waals surface area contributed by atoms with Crippen molar-refractivity contribution >= 4 is 38.7 Å². The Morgan fingerprint density at radius 3 is 2.00 bits per heavy atom. The van der Waals surface area contributed by atoms with Crippen molar-refractivity contribution < 1.29 is 9.47 Å². The minimum absolute atomic E-state index is 0.636. The van der Waals surface area contributed by atoms with E-state index in [1.807, 2.05) is 72.9 Å². The van der Waals surface area contributed by atoms with Gasteiger partial charge in [0.05, 0.1) is 50.8 Å². The lowest BCUT2D eigenvalue weighted by Crippen LogP contribution is -2.33. The van der Waals surface area contributed by atoms with E-state index >= 15 is 0 Å². The van der Waals surface area contributed by atoms with Gasteiger partial charge in [0.2, 0.25) is 0 Å². The zero-order valence-electron chi connectivity index (χ0n) is 35.3. The van der Waals surface area contributed by atoms with Crippen LogP contribution in [0.3, 0.4) is 0 Å². The van der Waals surface area contributed by atoms with Crippen molar-refractivity contribution in [3.05, 3.63) is 235 Å². The molecule has 0 amide bonds. The topological polar surface area (TPSA) is 73.3 Å². The van der Waals surface area contributed by atoms with Crippen LogP contribution in [0.4, 0.5) is 17.1 Å². The summed E-state index contributed by atoms with van der Waals surface area (Å²) in [5, 5.41) is 3.30. The average molecular weight is 846 g/mol. The van der Waals surface area contributed by atoms with Gasteiger partial charge in [0.25, 0.3) is 0 Å². The molecule has 11 aromatic rings. The van der Waals surface area contributed by atoms with E-state index in [1.165, 1.54) is 0 Å². The van der Waals surface area contributed by atoms with Crippen LogP contribution in [0.2, 0.25) is 0 Å². The van der Waals surface area contributed by atoms with Crippen LogP contribution >= 0.6 is 0 Å². The van der Waals surface area contributed by atoms with Gasteiger partial charge in [-0.05, 0) is 65.0 Å². The number of benzene rings is 8. The summed E-state index contributed by atoms with van der Waals surface area (Å²) in [4.78, 5) is 23.4. The molecule has 1 spiro atoms. The molecule has 3 aliphatic rings. The fourth-order valence-electron chi connectivity index (χ4n) is 10.6. The number of pyridine rings is 2. The summed E-state index contributed by atoms with van der Waals surface area (Å²) in [6.45, 7) is 0. The van der Waals surface area contributed by atoms with E-state index in [9.17, 15) is 0 Å². The van der Waals surface area contributed by atoms with Crippen LogP contribution < -0.4 is 14.4 Å². The van der Waals surface area contributed by atoms with Gasteiger partial charge in [-0.15, -0.1) is 0 Å². The maximum Gasteiger partial charge on any atom is 0.194 e. The molecule has 5 heterocycles. The van der Waals surface area contributed by atoms with Gasteiger partial charge < -0.3 is 14.4 Å². The summed E-state index contributed by atoms with van der Waals surface area (Å²) in [5.74, 6) is 3.43. The van der Waals surface area contributed by atoms with E-state index in [2.05, 4.69) is 144 Å². The number of anilines is 3. The van der Waals surface area contributed by atoms with Crippen LogP contribution in [0.5, 0.6) is 23.0 Å². The molecule has 1 unspecified atom stereocenters. The molecule has 0 radical (unpaired) electrons. The van der Waals surface area contributed by atoms with Crippen LogP contribution in [0.25, 0.3) is 67.0 Å². The number of hydrogen-bond acceptors (Lipinski definition) is 7. The zero-order chi connectivity index (χ0) is 43.3. The summed E-state index contributed by atoms with van der Waals surface area (Å²) < 4.78 is 14.1. The predicted octanol–water partition coefficient (Wildman–Crippen LogP) is 14.6. The largest absolute Gasteiger partial charge is 0.453 e. The molecule has 0 N–H and O–H groups in total. The van der Waals surface area contributed by atoms with E-state index < -0.39 is 5.41 Å². The molecule has 14 rings (SSSR count). The van der Waals surface area contributed by atoms with Crippen LogP contribution in [0, 0.1) is 0 Å². The molecule has 7 heteroatoms. The first-order chi connectivity index (χ1) is 32.7. The molecular weight excluding hydrogens is 811 g/mol. The Labute approximate surface area is 379 Å². The van der Waals surface area contributed by atoms with E-state index in [-0.39, 0.29) is 0 Å². The van der Waals surface area contributed by atoms with Crippen LogP contribution in [0.15, 0.2) is 212 Å². The van der Waals surface area contributed by atoms with Gasteiger partial charge in [-0.2, -0.15) is 0 Å². The Hall–Kier alpha value is -8.94. The van der Waals surface area contributed by atoms with E-state index in [0.717, 1.165) is 112 Å². The first-order valence-electron chi connectivity index (χ1n) is 22.1. The maximum atomic E-state index is 7.10. The first-order valence-corrected chi connectivity index (χ1v) is 22.1. The van der Waals surface area contributed by atoms with Crippen molar-refractivity contribution in [3.63, 3.8) is 0 Å². The van der Waals surface area contributed by atoms with Gasteiger partial charge in [0.1, 0.15) is 5.75 Å². The fourth-order valence-corrected chi connectivity index (χ4v) is 10.6. The third kappa shape index (κ3) is 5.13. The fraction of sp³-hybridized carbons (Fsp3) is 0.0169. The SMILES string of the molecule is c1ccc(-c2nc(-c3ccccc3-c3ccc4c(n3)-c3ncccc3C43c4ccccc4Oc4c3ccc3c4Oc4ccccc4N3c3cccc4ccccc34)nc3ccccc23)cc1. The molecule has 1 aliphatic carbocycles. The molecule has 0 saturated heterocycles. The highest BCUT2D eigenvalue weighted by atomic mass is 16.5. The number of hydrogen-bond donors (Lipinski definition) is 0. The minimum atomic E-state index is -0.834. The molecule has 0 saturated carbocycles. The third-order valence-electron chi connectivity index (χ3n) is 13.4. The number of nitrogens with zero attached hydrogens (tertiary/aromatic N) is 5. The Kier molecular flexibility index (Phi) is 7.77. The molecule has 308 valence electrons. The lowest BCUT2D eigenvalue weighted by molar-refractivity contribution is 0.391. The molecule has 0 fully saturated rings.